The predicted molar refractivity (Wildman–Crippen MR) is 101 cm³/mol. The lowest BCUT2D eigenvalue weighted by molar-refractivity contribution is -0.139. The van der Waals surface area contributed by atoms with E-state index < -0.39 is 6.04 Å². The molecule has 8 nitrogen and oxygen atoms in total. The molecule has 8 heteroatoms. The van der Waals surface area contributed by atoms with Crippen LogP contribution >= 0.6 is 0 Å². The van der Waals surface area contributed by atoms with E-state index in [2.05, 4.69) is 15.3 Å². The highest BCUT2D eigenvalue weighted by Gasteiger charge is 2.35. The summed E-state index contributed by atoms with van der Waals surface area (Å²) in [4.78, 5) is 38.0. The number of hydrogen-bond acceptors (Lipinski definition) is 6. The van der Waals surface area contributed by atoms with E-state index in [0.29, 0.717) is 32.7 Å². The quantitative estimate of drug-likeness (QED) is 0.834. The maximum absolute atomic E-state index is 12.9. The Morgan fingerprint density at radius 3 is 2.96 bits per heavy atom. The van der Waals surface area contributed by atoms with E-state index in [1.54, 1.807) is 4.90 Å². The van der Waals surface area contributed by atoms with Gasteiger partial charge in [0, 0.05) is 37.8 Å². The van der Waals surface area contributed by atoms with Gasteiger partial charge in [-0.15, -0.1) is 0 Å². The van der Waals surface area contributed by atoms with Crippen molar-refractivity contribution in [3.05, 3.63) is 46.9 Å². The first-order valence-corrected chi connectivity index (χ1v) is 9.72. The monoisotopic (exact) mass is 383 g/mol. The minimum atomic E-state index is -0.493. The van der Waals surface area contributed by atoms with Crippen molar-refractivity contribution in [1.29, 1.82) is 0 Å². The third kappa shape index (κ3) is 3.77. The normalized spacial score (nSPS) is 19.6. The highest BCUT2D eigenvalue weighted by molar-refractivity contribution is 5.89. The van der Waals surface area contributed by atoms with Crippen LogP contribution in [0.4, 0.5) is 0 Å². The Kier molecular flexibility index (Phi) is 5.13. The molecular formula is C20H25N5O3. The fourth-order valence-electron chi connectivity index (χ4n) is 3.78. The number of piperazine rings is 1. The van der Waals surface area contributed by atoms with Crippen LogP contribution in [0.5, 0.6) is 0 Å². The number of amides is 2. The van der Waals surface area contributed by atoms with Gasteiger partial charge in [-0.1, -0.05) is 6.92 Å². The zero-order valence-electron chi connectivity index (χ0n) is 16.3. The van der Waals surface area contributed by atoms with Crippen molar-refractivity contribution >= 4 is 11.8 Å². The fraction of sp³-hybridized carbons (Fsp3) is 0.500. The molecule has 0 bridgehead atoms. The van der Waals surface area contributed by atoms with Crippen molar-refractivity contribution in [2.24, 2.45) is 0 Å². The molecule has 1 fully saturated rings. The van der Waals surface area contributed by atoms with Crippen molar-refractivity contribution in [1.82, 2.24) is 25.1 Å². The van der Waals surface area contributed by atoms with E-state index in [1.807, 2.05) is 37.1 Å². The number of nitrogens with one attached hydrogen (secondary N) is 1. The molecule has 1 N–H and O–H groups in total. The summed E-state index contributed by atoms with van der Waals surface area (Å²) >= 11 is 0. The van der Waals surface area contributed by atoms with Gasteiger partial charge in [0.15, 0.2) is 0 Å². The number of rotatable bonds is 5. The number of carbonyl (C=O) groups is 2. The summed E-state index contributed by atoms with van der Waals surface area (Å²) in [6.45, 7) is 6.68. The highest BCUT2D eigenvalue weighted by Crippen LogP contribution is 2.23. The summed E-state index contributed by atoms with van der Waals surface area (Å²) < 4.78 is 5.65. The summed E-state index contributed by atoms with van der Waals surface area (Å²) in [5.74, 6) is 2.29. The van der Waals surface area contributed by atoms with Gasteiger partial charge in [0.05, 0.1) is 31.2 Å². The SMILES string of the molecule is CCc1ncc2c(n1)CN(C(=O)C[C@@H]1C(=O)NCCN1Cc1ccc(C)o1)C2. The van der Waals surface area contributed by atoms with Crippen molar-refractivity contribution in [2.45, 2.75) is 52.4 Å². The molecule has 0 unspecified atom stereocenters. The number of nitrogens with zero attached hydrogens (tertiary/aromatic N) is 4. The van der Waals surface area contributed by atoms with Crippen molar-refractivity contribution in [3.63, 3.8) is 0 Å². The standard InChI is InChI=1S/C20H25N5O3/c1-3-18-22-9-14-10-25(12-16(14)23-18)19(26)8-17-20(27)21-6-7-24(17)11-15-5-4-13(2)28-15/h4-5,9,17H,3,6-8,10-12H2,1-2H3,(H,21,27)/t17-/m1/s1. The van der Waals surface area contributed by atoms with Crippen molar-refractivity contribution in [3.8, 4) is 0 Å². The van der Waals surface area contributed by atoms with E-state index >= 15 is 0 Å². The molecule has 148 valence electrons. The second-order valence-corrected chi connectivity index (χ2v) is 7.36. The van der Waals surface area contributed by atoms with Crippen LogP contribution in [0.3, 0.4) is 0 Å². The van der Waals surface area contributed by atoms with Gasteiger partial charge < -0.3 is 14.6 Å². The summed E-state index contributed by atoms with van der Waals surface area (Å²) in [6.07, 6.45) is 2.73. The van der Waals surface area contributed by atoms with E-state index in [1.165, 1.54) is 0 Å². The topological polar surface area (TPSA) is 91.6 Å². The van der Waals surface area contributed by atoms with Gasteiger partial charge in [-0.05, 0) is 19.1 Å². The lowest BCUT2D eigenvalue weighted by Crippen LogP contribution is -2.56. The van der Waals surface area contributed by atoms with Gasteiger partial charge in [-0.3, -0.25) is 14.5 Å². The smallest absolute Gasteiger partial charge is 0.237 e. The minimum Gasteiger partial charge on any atom is -0.465 e. The maximum Gasteiger partial charge on any atom is 0.237 e. The first-order chi connectivity index (χ1) is 13.5. The zero-order valence-corrected chi connectivity index (χ0v) is 16.3. The second kappa shape index (κ2) is 7.71. The highest BCUT2D eigenvalue weighted by atomic mass is 16.3. The number of furan rings is 1. The Balaban J connectivity index is 1.43. The first kappa shape index (κ1) is 18.6. The molecule has 4 heterocycles. The molecule has 0 spiro atoms. The van der Waals surface area contributed by atoms with Gasteiger partial charge in [-0.2, -0.15) is 0 Å². The van der Waals surface area contributed by atoms with Gasteiger partial charge in [0.25, 0.3) is 0 Å². The molecule has 2 aliphatic heterocycles. The zero-order chi connectivity index (χ0) is 19.7. The number of hydrogen-bond donors (Lipinski definition) is 1. The Morgan fingerprint density at radius 1 is 1.36 bits per heavy atom. The fourth-order valence-corrected chi connectivity index (χ4v) is 3.78. The van der Waals surface area contributed by atoms with Crippen molar-refractivity contribution < 1.29 is 14.0 Å². The maximum atomic E-state index is 12.9. The van der Waals surface area contributed by atoms with Crippen LogP contribution in [-0.4, -0.2) is 50.7 Å². The van der Waals surface area contributed by atoms with Crippen LogP contribution in [0, 0.1) is 6.92 Å². The second-order valence-electron chi connectivity index (χ2n) is 7.36. The minimum absolute atomic E-state index is 0.0428. The molecule has 2 aromatic rings. The molecule has 0 aliphatic carbocycles. The van der Waals surface area contributed by atoms with Crippen LogP contribution in [0.15, 0.2) is 22.7 Å². The summed E-state index contributed by atoms with van der Waals surface area (Å²) in [6, 6.07) is 3.33. The lowest BCUT2D eigenvalue weighted by Gasteiger charge is -2.34. The largest absolute Gasteiger partial charge is 0.465 e. The van der Waals surface area contributed by atoms with E-state index in [4.69, 9.17) is 4.42 Å². The summed E-state index contributed by atoms with van der Waals surface area (Å²) in [5, 5.41) is 2.88. The third-order valence-electron chi connectivity index (χ3n) is 5.34. The number of carbonyl (C=O) groups excluding carboxylic acids is 2. The number of fused-ring (bicyclic) bond motifs is 1. The Hall–Kier alpha value is -2.74. The van der Waals surface area contributed by atoms with Gasteiger partial charge in [-0.25, -0.2) is 9.97 Å². The van der Waals surface area contributed by atoms with Crippen LogP contribution < -0.4 is 5.32 Å². The lowest BCUT2D eigenvalue weighted by atomic mass is 10.1. The molecule has 2 amide bonds. The van der Waals surface area contributed by atoms with E-state index in [9.17, 15) is 9.59 Å². The average Bonchev–Trinajstić information content (AvgIpc) is 3.29. The molecule has 2 aliphatic rings. The van der Waals surface area contributed by atoms with Crippen LogP contribution in [0.2, 0.25) is 0 Å². The molecule has 1 saturated heterocycles. The number of aryl methyl sites for hydroxylation is 2. The van der Waals surface area contributed by atoms with Crippen LogP contribution in [-0.2, 0) is 35.6 Å². The third-order valence-corrected chi connectivity index (χ3v) is 5.34. The molecular weight excluding hydrogens is 358 g/mol. The van der Waals surface area contributed by atoms with Gasteiger partial charge in [0.2, 0.25) is 11.8 Å². The van der Waals surface area contributed by atoms with E-state index in [0.717, 1.165) is 35.0 Å². The van der Waals surface area contributed by atoms with Gasteiger partial charge in [0.1, 0.15) is 17.3 Å². The molecule has 28 heavy (non-hydrogen) atoms. The Labute approximate surface area is 163 Å². The predicted octanol–water partition coefficient (Wildman–Crippen LogP) is 1.17. The van der Waals surface area contributed by atoms with Crippen LogP contribution in [0.1, 0.15) is 41.9 Å². The Morgan fingerprint density at radius 2 is 2.21 bits per heavy atom. The van der Waals surface area contributed by atoms with Crippen molar-refractivity contribution in [2.75, 3.05) is 13.1 Å². The summed E-state index contributed by atoms with van der Waals surface area (Å²) in [5.41, 5.74) is 1.90. The molecule has 1 atom stereocenters. The Bertz CT molecular complexity index is 894. The average molecular weight is 383 g/mol. The molecule has 0 radical (unpaired) electrons. The molecule has 0 aromatic carbocycles. The van der Waals surface area contributed by atoms with E-state index in [-0.39, 0.29) is 18.2 Å². The number of aromatic nitrogens is 2. The molecule has 2 aromatic heterocycles. The molecule has 0 saturated carbocycles. The van der Waals surface area contributed by atoms with Crippen LogP contribution in [0.25, 0.3) is 0 Å². The summed E-state index contributed by atoms with van der Waals surface area (Å²) in [7, 11) is 0. The van der Waals surface area contributed by atoms with Gasteiger partial charge >= 0.3 is 0 Å². The first-order valence-electron chi connectivity index (χ1n) is 9.72. The molecule has 4 rings (SSSR count).